The average molecular weight is 158 g/mol. The average Bonchev–Trinajstić information content (AvgIpc) is 2.31. The summed E-state index contributed by atoms with van der Waals surface area (Å²) in [6.45, 7) is 6.96. The van der Waals surface area contributed by atoms with Crippen molar-refractivity contribution in [3.05, 3.63) is 11.6 Å². The fourth-order valence-corrected chi connectivity index (χ4v) is 1.92. The van der Waals surface area contributed by atoms with Gasteiger partial charge in [-0.2, -0.15) is 0 Å². The van der Waals surface area contributed by atoms with E-state index in [1.807, 2.05) is 11.8 Å². The van der Waals surface area contributed by atoms with Crippen LogP contribution in [0, 0.1) is 0 Å². The second kappa shape index (κ2) is 3.88. The van der Waals surface area contributed by atoms with Crippen LogP contribution in [0.2, 0.25) is 0 Å². The van der Waals surface area contributed by atoms with E-state index in [1.54, 1.807) is 0 Å². The predicted molar refractivity (Wildman–Crippen MR) is 46.8 cm³/mol. The van der Waals surface area contributed by atoms with Crippen LogP contribution >= 0.6 is 11.8 Å². The van der Waals surface area contributed by atoms with Crippen molar-refractivity contribution >= 4 is 11.8 Å². The molecule has 0 saturated carbocycles. The third-order valence-corrected chi connectivity index (χ3v) is 2.59. The molecule has 0 aliphatic carbocycles. The number of hydrogen-bond acceptors (Lipinski definition) is 3. The van der Waals surface area contributed by atoms with Gasteiger partial charge in [-0.3, -0.25) is 0 Å². The number of hydrogen-bond donors (Lipinski definition) is 1. The Morgan fingerprint density at radius 1 is 1.70 bits per heavy atom. The third-order valence-electron chi connectivity index (χ3n) is 1.61. The Kier molecular flexibility index (Phi) is 3.09. The molecule has 1 aliphatic rings. The highest BCUT2D eigenvalue weighted by Crippen LogP contribution is 2.25. The molecular formula is C7H14N2S. The highest BCUT2D eigenvalue weighted by molar-refractivity contribution is 8.03. The first-order valence-corrected chi connectivity index (χ1v) is 4.60. The van der Waals surface area contributed by atoms with E-state index in [1.165, 1.54) is 10.8 Å². The van der Waals surface area contributed by atoms with Crippen molar-refractivity contribution in [2.24, 2.45) is 5.73 Å². The molecule has 1 rings (SSSR count). The molecule has 58 valence electrons. The molecule has 0 aromatic rings. The van der Waals surface area contributed by atoms with Crippen LogP contribution in [0.1, 0.15) is 6.42 Å². The number of nitrogens with two attached hydrogens (primary N) is 1. The molecule has 0 bridgehead atoms. The van der Waals surface area contributed by atoms with Crippen LogP contribution in [0.3, 0.4) is 0 Å². The molecule has 3 heteroatoms. The minimum Gasteiger partial charge on any atom is -0.366 e. The lowest BCUT2D eigenvalue weighted by Gasteiger charge is -2.16. The zero-order valence-corrected chi connectivity index (χ0v) is 6.99. The van der Waals surface area contributed by atoms with Gasteiger partial charge >= 0.3 is 0 Å². The van der Waals surface area contributed by atoms with Crippen LogP contribution in [-0.4, -0.2) is 30.3 Å². The van der Waals surface area contributed by atoms with Gasteiger partial charge in [-0.1, -0.05) is 6.58 Å². The van der Waals surface area contributed by atoms with Gasteiger partial charge < -0.3 is 10.6 Å². The van der Waals surface area contributed by atoms with Gasteiger partial charge in [0.05, 0.1) is 5.03 Å². The van der Waals surface area contributed by atoms with Gasteiger partial charge in [0.2, 0.25) is 0 Å². The fraction of sp³-hybridized carbons (Fsp3) is 0.714. The summed E-state index contributed by atoms with van der Waals surface area (Å²) in [6.07, 6.45) is 1.08. The van der Waals surface area contributed by atoms with Crippen LogP contribution in [0.4, 0.5) is 0 Å². The standard InChI is InChI=1S/C7H14N2S/c1-7-9(4-2-3-8)5-6-10-7/h1-6,8H2. The zero-order chi connectivity index (χ0) is 7.40. The molecule has 1 heterocycles. The number of nitrogens with zero attached hydrogens (tertiary/aromatic N) is 1. The van der Waals surface area contributed by atoms with Crippen LogP contribution in [-0.2, 0) is 0 Å². The van der Waals surface area contributed by atoms with Crippen molar-refractivity contribution in [3.8, 4) is 0 Å². The maximum atomic E-state index is 5.39. The Labute approximate surface area is 66.5 Å². The van der Waals surface area contributed by atoms with Crippen LogP contribution in [0.15, 0.2) is 11.6 Å². The SMILES string of the molecule is C=C1SCCN1CCCN. The Hall–Kier alpha value is -0.150. The van der Waals surface area contributed by atoms with Crippen LogP contribution < -0.4 is 5.73 Å². The normalized spacial score (nSPS) is 18.5. The molecule has 1 aliphatic heterocycles. The minimum atomic E-state index is 0.786. The van der Waals surface area contributed by atoms with E-state index in [-0.39, 0.29) is 0 Å². The predicted octanol–water partition coefficient (Wildman–Crippen LogP) is 0.855. The fourth-order valence-electron chi connectivity index (χ4n) is 1.01. The molecule has 0 unspecified atom stereocenters. The molecule has 0 amide bonds. The van der Waals surface area contributed by atoms with Crippen LogP contribution in [0.25, 0.3) is 0 Å². The van der Waals surface area contributed by atoms with Crippen molar-refractivity contribution in [2.75, 3.05) is 25.4 Å². The summed E-state index contributed by atoms with van der Waals surface area (Å²) >= 11 is 1.85. The second-order valence-electron chi connectivity index (χ2n) is 2.37. The lowest BCUT2D eigenvalue weighted by atomic mass is 10.4. The summed E-state index contributed by atoms with van der Waals surface area (Å²) in [5.74, 6) is 1.20. The van der Waals surface area contributed by atoms with Gasteiger partial charge in [0.25, 0.3) is 0 Å². The smallest absolute Gasteiger partial charge is 0.0635 e. The van der Waals surface area contributed by atoms with E-state index in [2.05, 4.69) is 11.5 Å². The summed E-state index contributed by atoms with van der Waals surface area (Å²) in [6, 6.07) is 0. The monoisotopic (exact) mass is 158 g/mol. The Morgan fingerprint density at radius 2 is 2.50 bits per heavy atom. The molecule has 1 saturated heterocycles. The van der Waals surface area contributed by atoms with Gasteiger partial charge in [0.1, 0.15) is 0 Å². The quantitative estimate of drug-likeness (QED) is 0.660. The highest BCUT2D eigenvalue weighted by Gasteiger charge is 2.13. The molecule has 2 N–H and O–H groups in total. The first-order chi connectivity index (χ1) is 4.84. The van der Waals surface area contributed by atoms with Crippen molar-refractivity contribution in [1.29, 1.82) is 0 Å². The van der Waals surface area contributed by atoms with Gasteiger partial charge in [0, 0.05) is 18.8 Å². The van der Waals surface area contributed by atoms with Crippen LogP contribution in [0.5, 0.6) is 0 Å². The minimum absolute atomic E-state index is 0.786. The summed E-state index contributed by atoms with van der Waals surface area (Å²) in [4.78, 5) is 2.30. The highest BCUT2D eigenvalue weighted by atomic mass is 32.2. The molecule has 2 nitrogen and oxygen atoms in total. The summed E-state index contributed by atoms with van der Waals surface area (Å²) in [5.41, 5.74) is 5.39. The molecule has 0 aromatic heterocycles. The number of rotatable bonds is 3. The van der Waals surface area contributed by atoms with Crippen molar-refractivity contribution in [1.82, 2.24) is 4.90 Å². The maximum absolute atomic E-state index is 5.39. The summed E-state index contributed by atoms with van der Waals surface area (Å²) < 4.78 is 0. The Morgan fingerprint density at radius 3 is 3.00 bits per heavy atom. The summed E-state index contributed by atoms with van der Waals surface area (Å²) in [7, 11) is 0. The molecule has 0 atom stereocenters. The van der Waals surface area contributed by atoms with Crippen molar-refractivity contribution in [3.63, 3.8) is 0 Å². The Bertz CT molecular complexity index is 125. The molecule has 0 aromatic carbocycles. The molecule has 1 fully saturated rings. The number of thioether (sulfide) groups is 1. The van der Waals surface area contributed by atoms with Gasteiger partial charge in [0.15, 0.2) is 0 Å². The Balaban J connectivity index is 2.20. The van der Waals surface area contributed by atoms with Gasteiger partial charge in [-0.05, 0) is 13.0 Å². The lowest BCUT2D eigenvalue weighted by molar-refractivity contribution is 0.398. The van der Waals surface area contributed by atoms with E-state index >= 15 is 0 Å². The second-order valence-corrected chi connectivity index (χ2v) is 3.54. The first kappa shape index (κ1) is 7.95. The molecule has 10 heavy (non-hydrogen) atoms. The van der Waals surface area contributed by atoms with E-state index in [0.717, 1.165) is 26.1 Å². The van der Waals surface area contributed by atoms with E-state index in [9.17, 15) is 0 Å². The lowest BCUT2D eigenvalue weighted by Crippen LogP contribution is -2.21. The topological polar surface area (TPSA) is 29.3 Å². The molecule has 0 radical (unpaired) electrons. The molecule has 0 spiro atoms. The maximum Gasteiger partial charge on any atom is 0.0635 e. The zero-order valence-electron chi connectivity index (χ0n) is 6.18. The third kappa shape index (κ3) is 1.92. The van der Waals surface area contributed by atoms with Crippen molar-refractivity contribution < 1.29 is 0 Å². The van der Waals surface area contributed by atoms with E-state index in [4.69, 9.17) is 5.73 Å². The van der Waals surface area contributed by atoms with Gasteiger partial charge in [-0.25, -0.2) is 0 Å². The first-order valence-electron chi connectivity index (χ1n) is 3.61. The van der Waals surface area contributed by atoms with Gasteiger partial charge in [-0.15, -0.1) is 11.8 Å². The van der Waals surface area contributed by atoms with E-state index in [0.29, 0.717) is 0 Å². The van der Waals surface area contributed by atoms with Crippen molar-refractivity contribution in [2.45, 2.75) is 6.42 Å². The largest absolute Gasteiger partial charge is 0.366 e. The molecular weight excluding hydrogens is 144 g/mol. The van der Waals surface area contributed by atoms with E-state index < -0.39 is 0 Å². The summed E-state index contributed by atoms with van der Waals surface area (Å²) in [5, 5.41) is 1.22.